The number of hydrogen-bond donors (Lipinski definition) is 1. The van der Waals surface area contributed by atoms with Gasteiger partial charge in [0.15, 0.2) is 0 Å². The topological polar surface area (TPSA) is 86.1 Å². The Balaban J connectivity index is 2.23. The molecule has 9 heteroatoms. The van der Waals surface area contributed by atoms with Gasteiger partial charge < -0.3 is 10.1 Å². The van der Waals surface area contributed by atoms with Gasteiger partial charge in [-0.1, -0.05) is 11.6 Å². The van der Waals surface area contributed by atoms with Crippen LogP contribution >= 0.6 is 11.6 Å². The minimum Gasteiger partial charge on any atom is -0.444 e. The molecular formula is C21H22ClFN4O3. The number of pyridine rings is 1. The maximum Gasteiger partial charge on any atom is 0.408 e. The van der Waals surface area contributed by atoms with Crippen LogP contribution in [0.15, 0.2) is 35.4 Å². The SMILES string of the molecule is Cc1cncc(-n2c([C@H](C)NC(=O)OC(C)(C)C)nc3c(F)ccc(Cl)c3c2=O)c1. The summed E-state index contributed by atoms with van der Waals surface area (Å²) in [5, 5.41) is 2.68. The van der Waals surface area contributed by atoms with Crippen molar-refractivity contribution in [2.24, 2.45) is 0 Å². The summed E-state index contributed by atoms with van der Waals surface area (Å²) < 4.78 is 21.0. The van der Waals surface area contributed by atoms with Gasteiger partial charge in [-0.25, -0.2) is 14.2 Å². The minimum absolute atomic E-state index is 0.0496. The molecule has 0 radical (unpaired) electrons. The van der Waals surface area contributed by atoms with Crippen LogP contribution in [0.2, 0.25) is 5.02 Å². The Morgan fingerprint density at radius 2 is 2.00 bits per heavy atom. The number of nitrogens with zero attached hydrogens (tertiary/aromatic N) is 3. The van der Waals surface area contributed by atoms with Gasteiger partial charge in [0.05, 0.1) is 28.3 Å². The Morgan fingerprint density at radius 1 is 1.30 bits per heavy atom. The van der Waals surface area contributed by atoms with Gasteiger partial charge in [0, 0.05) is 6.20 Å². The number of halogens is 2. The molecule has 2 aromatic heterocycles. The lowest BCUT2D eigenvalue weighted by molar-refractivity contribution is 0.0505. The van der Waals surface area contributed by atoms with Crippen LogP contribution in [0.5, 0.6) is 0 Å². The molecule has 0 bridgehead atoms. The third-order valence-electron chi connectivity index (χ3n) is 4.19. The molecule has 0 aliphatic rings. The fourth-order valence-electron chi connectivity index (χ4n) is 2.98. The van der Waals surface area contributed by atoms with Crippen molar-refractivity contribution in [3.63, 3.8) is 0 Å². The molecule has 7 nitrogen and oxygen atoms in total. The van der Waals surface area contributed by atoms with Gasteiger partial charge >= 0.3 is 6.09 Å². The van der Waals surface area contributed by atoms with E-state index in [1.807, 2.05) is 6.92 Å². The minimum atomic E-state index is -0.782. The van der Waals surface area contributed by atoms with Gasteiger partial charge in [0.2, 0.25) is 0 Å². The molecule has 30 heavy (non-hydrogen) atoms. The van der Waals surface area contributed by atoms with Crippen molar-refractivity contribution in [2.75, 3.05) is 0 Å². The van der Waals surface area contributed by atoms with E-state index < -0.39 is 29.1 Å². The van der Waals surface area contributed by atoms with Crippen LogP contribution in [-0.4, -0.2) is 26.2 Å². The Morgan fingerprint density at radius 3 is 2.63 bits per heavy atom. The van der Waals surface area contributed by atoms with Gasteiger partial charge in [-0.2, -0.15) is 0 Å². The number of rotatable bonds is 3. The summed E-state index contributed by atoms with van der Waals surface area (Å²) in [6.07, 6.45) is 2.43. The smallest absolute Gasteiger partial charge is 0.408 e. The molecule has 3 aromatic rings. The van der Waals surface area contributed by atoms with E-state index in [0.717, 1.165) is 11.6 Å². The molecule has 1 aromatic carbocycles. The Labute approximate surface area is 177 Å². The monoisotopic (exact) mass is 432 g/mol. The lowest BCUT2D eigenvalue weighted by Crippen LogP contribution is -2.37. The molecule has 0 unspecified atom stereocenters. The molecule has 0 aliphatic carbocycles. The zero-order chi connectivity index (χ0) is 22.2. The van der Waals surface area contributed by atoms with Gasteiger partial charge in [0.25, 0.3) is 5.56 Å². The summed E-state index contributed by atoms with van der Waals surface area (Å²) in [6, 6.07) is 3.41. The lowest BCUT2D eigenvalue weighted by atomic mass is 10.2. The Bertz CT molecular complexity index is 1190. The van der Waals surface area contributed by atoms with Crippen molar-refractivity contribution in [1.82, 2.24) is 19.9 Å². The average Bonchev–Trinajstić information content (AvgIpc) is 2.62. The Hall–Kier alpha value is -3.00. The number of aromatic nitrogens is 3. The van der Waals surface area contributed by atoms with E-state index >= 15 is 0 Å². The van der Waals surface area contributed by atoms with Crippen LogP contribution in [0.1, 0.15) is 45.1 Å². The number of benzene rings is 1. The number of carbonyl (C=O) groups excluding carboxylic acids is 1. The van der Waals surface area contributed by atoms with Crippen LogP contribution in [0.3, 0.4) is 0 Å². The maximum absolute atomic E-state index is 14.5. The van der Waals surface area contributed by atoms with Gasteiger partial charge in [0.1, 0.15) is 22.8 Å². The summed E-state index contributed by atoms with van der Waals surface area (Å²) in [7, 11) is 0. The van der Waals surface area contributed by atoms with Gasteiger partial charge in [-0.15, -0.1) is 0 Å². The second-order valence-electron chi connectivity index (χ2n) is 7.95. The molecule has 3 rings (SSSR count). The first-order chi connectivity index (χ1) is 14.0. The standard InChI is InChI=1S/C21H22ClFN4O3/c1-11-8-13(10-24-9-11)27-18(12(2)25-20(29)30-21(3,4)5)26-17-15(23)7-6-14(22)16(17)19(27)28/h6-10,12H,1-5H3,(H,25,29)/t12-/m0/s1. The van der Waals surface area contributed by atoms with Crippen molar-refractivity contribution in [1.29, 1.82) is 0 Å². The molecule has 0 saturated heterocycles. The number of amides is 1. The van der Waals surface area contributed by atoms with E-state index in [1.165, 1.54) is 16.8 Å². The molecule has 1 N–H and O–H groups in total. The number of alkyl carbamates (subject to hydrolysis) is 1. The van der Waals surface area contributed by atoms with Gasteiger partial charge in [-0.3, -0.25) is 14.3 Å². The number of nitrogens with one attached hydrogen (secondary N) is 1. The van der Waals surface area contributed by atoms with E-state index in [0.29, 0.717) is 5.69 Å². The van der Waals surface area contributed by atoms with Crippen molar-refractivity contribution >= 4 is 28.6 Å². The first-order valence-corrected chi connectivity index (χ1v) is 9.68. The fourth-order valence-corrected chi connectivity index (χ4v) is 3.22. The van der Waals surface area contributed by atoms with Crippen molar-refractivity contribution in [3.8, 4) is 5.69 Å². The van der Waals surface area contributed by atoms with E-state index in [-0.39, 0.29) is 21.7 Å². The Kier molecular flexibility index (Phi) is 5.81. The summed E-state index contributed by atoms with van der Waals surface area (Å²) >= 11 is 6.19. The highest BCUT2D eigenvalue weighted by Gasteiger charge is 2.24. The van der Waals surface area contributed by atoms with Crippen LogP contribution in [0.25, 0.3) is 16.6 Å². The molecule has 2 heterocycles. The third-order valence-corrected chi connectivity index (χ3v) is 4.50. The number of hydrogen-bond acceptors (Lipinski definition) is 5. The molecule has 0 fully saturated rings. The highest BCUT2D eigenvalue weighted by Crippen LogP contribution is 2.25. The van der Waals surface area contributed by atoms with Crippen LogP contribution in [0, 0.1) is 12.7 Å². The zero-order valence-corrected chi connectivity index (χ0v) is 18.0. The normalized spacial score (nSPS) is 12.6. The highest BCUT2D eigenvalue weighted by molar-refractivity contribution is 6.35. The highest BCUT2D eigenvalue weighted by atomic mass is 35.5. The van der Waals surface area contributed by atoms with Crippen molar-refractivity contribution in [2.45, 2.75) is 46.3 Å². The maximum atomic E-state index is 14.5. The first kappa shape index (κ1) is 21.7. The molecule has 1 amide bonds. The molecular weight excluding hydrogens is 411 g/mol. The summed E-state index contributed by atoms with van der Waals surface area (Å²) in [4.78, 5) is 34.1. The number of fused-ring (bicyclic) bond motifs is 1. The molecule has 158 valence electrons. The third kappa shape index (κ3) is 4.43. The quantitative estimate of drug-likeness (QED) is 0.660. The molecule has 0 aliphatic heterocycles. The predicted octanol–water partition coefficient (Wildman–Crippen LogP) is 4.47. The van der Waals surface area contributed by atoms with E-state index in [1.54, 1.807) is 40.0 Å². The summed E-state index contributed by atoms with van der Waals surface area (Å²) in [5.74, 6) is -0.571. The van der Waals surface area contributed by atoms with Gasteiger partial charge in [-0.05, 0) is 58.4 Å². The summed E-state index contributed by atoms with van der Waals surface area (Å²) in [6.45, 7) is 8.65. The number of ether oxygens (including phenoxy) is 1. The number of aryl methyl sites for hydroxylation is 1. The predicted molar refractivity (Wildman–Crippen MR) is 113 cm³/mol. The summed E-state index contributed by atoms with van der Waals surface area (Å²) in [5.41, 5.74) is -0.214. The van der Waals surface area contributed by atoms with E-state index in [4.69, 9.17) is 16.3 Å². The van der Waals surface area contributed by atoms with Crippen LogP contribution in [0.4, 0.5) is 9.18 Å². The largest absolute Gasteiger partial charge is 0.444 e. The lowest BCUT2D eigenvalue weighted by Gasteiger charge is -2.23. The molecule has 0 saturated carbocycles. The van der Waals surface area contributed by atoms with Crippen LogP contribution in [-0.2, 0) is 4.74 Å². The second-order valence-corrected chi connectivity index (χ2v) is 8.36. The van der Waals surface area contributed by atoms with E-state index in [2.05, 4.69) is 15.3 Å². The zero-order valence-electron chi connectivity index (χ0n) is 17.3. The molecule has 0 spiro atoms. The second kappa shape index (κ2) is 8.02. The van der Waals surface area contributed by atoms with Crippen molar-refractivity contribution in [3.05, 3.63) is 63.2 Å². The van der Waals surface area contributed by atoms with Crippen LogP contribution < -0.4 is 10.9 Å². The number of carbonyl (C=O) groups is 1. The average molecular weight is 433 g/mol. The first-order valence-electron chi connectivity index (χ1n) is 9.30. The fraction of sp³-hybridized carbons (Fsp3) is 0.333. The van der Waals surface area contributed by atoms with E-state index in [9.17, 15) is 14.0 Å². The van der Waals surface area contributed by atoms with Crippen molar-refractivity contribution < 1.29 is 13.9 Å². The molecule has 1 atom stereocenters.